The summed E-state index contributed by atoms with van der Waals surface area (Å²) in [7, 11) is 0. The first-order chi connectivity index (χ1) is 8.35. The number of rotatable bonds is 5. The van der Waals surface area contributed by atoms with E-state index in [1.165, 1.54) is 6.42 Å². The van der Waals surface area contributed by atoms with Crippen LogP contribution < -0.4 is 0 Å². The van der Waals surface area contributed by atoms with Gasteiger partial charge in [-0.05, 0) is 6.42 Å². The minimum Gasteiger partial charge on any atom is -0.468 e. The van der Waals surface area contributed by atoms with Gasteiger partial charge in [0.15, 0.2) is 0 Å². The van der Waals surface area contributed by atoms with E-state index in [9.17, 15) is 4.79 Å². The lowest BCUT2D eigenvalue weighted by atomic mass is 10.3. The van der Waals surface area contributed by atoms with E-state index in [4.69, 9.17) is 4.74 Å². The van der Waals surface area contributed by atoms with E-state index in [-0.39, 0.29) is 0 Å². The summed E-state index contributed by atoms with van der Waals surface area (Å²) in [5, 5.41) is 0. The van der Waals surface area contributed by atoms with Crippen LogP contribution in [0.5, 0.6) is 0 Å². The second-order valence-electron chi connectivity index (χ2n) is 3.48. The number of hydrogen-bond acceptors (Lipinski definition) is 4. The molecule has 1 saturated heterocycles. The van der Waals surface area contributed by atoms with E-state index in [0.717, 1.165) is 39.3 Å². The second kappa shape index (κ2) is 17.8. The molecule has 4 heteroatoms. The monoisotopic (exact) mass is 247 g/mol. The molecule has 0 bridgehead atoms. The number of carbonyl (C=O) groups is 1. The predicted molar refractivity (Wildman–Crippen MR) is 71.2 cm³/mol. The highest BCUT2D eigenvalue weighted by molar-refractivity contribution is 5.36. The van der Waals surface area contributed by atoms with E-state index in [1.54, 1.807) is 0 Å². The Morgan fingerprint density at radius 2 is 1.76 bits per heavy atom. The maximum absolute atomic E-state index is 9.80. The molecule has 4 nitrogen and oxygen atoms in total. The van der Waals surface area contributed by atoms with Gasteiger partial charge in [0.2, 0.25) is 0 Å². The summed E-state index contributed by atoms with van der Waals surface area (Å²) in [5.41, 5.74) is 0. The fourth-order valence-electron chi connectivity index (χ4n) is 1.24. The fourth-order valence-corrected chi connectivity index (χ4v) is 1.24. The number of morpholine rings is 1. The van der Waals surface area contributed by atoms with Crippen molar-refractivity contribution in [1.82, 2.24) is 4.90 Å². The van der Waals surface area contributed by atoms with Crippen molar-refractivity contribution in [2.45, 2.75) is 40.5 Å². The Balaban J connectivity index is 0. The molecule has 17 heavy (non-hydrogen) atoms. The number of carbonyl (C=O) groups excluding carboxylic acids is 1. The van der Waals surface area contributed by atoms with Crippen molar-refractivity contribution < 1.29 is 14.3 Å². The van der Waals surface area contributed by atoms with Gasteiger partial charge in [0.05, 0.1) is 19.8 Å². The zero-order chi connectivity index (χ0) is 13.4. The van der Waals surface area contributed by atoms with Gasteiger partial charge in [0, 0.05) is 19.6 Å². The first-order valence-electron chi connectivity index (χ1n) is 6.70. The van der Waals surface area contributed by atoms with Crippen molar-refractivity contribution in [2.24, 2.45) is 0 Å². The SMILES string of the molecule is CC.CCC.O=COCCCN1CCOCC1. The maximum atomic E-state index is 9.80. The first-order valence-corrected chi connectivity index (χ1v) is 6.70. The van der Waals surface area contributed by atoms with Crippen LogP contribution in [0, 0.1) is 0 Å². The Bertz CT molecular complexity index is 137. The highest BCUT2D eigenvalue weighted by Crippen LogP contribution is 1.97. The highest BCUT2D eigenvalue weighted by atomic mass is 16.5. The maximum Gasteiger partial charge on any atom is 0.293 e. The second-order valence-corrected chi connectivity index (χ2v) is 3.48. The standard InChI is InChI=1S/C8H15NO3.C3H8.C2H6/c10-8-12-5-1-2-9-3-6-11-7-4-9;1-3-2;1-2/h8H,1-7H2;3H2,1-2H3;1-2H3. The predicted octanol–water partition coefficient (Wildman–Crippen LogP) is 2.32. The topological polar surface area (TPSA) is 38.8 Å². The molecule has 0 saturated carbocycles. The molecule has 0 spiro atoms. The van der Waals surface area contributed by atoms with Crippen LogP contribution in [0.3, 0.4) is 0 Å². The van der Waals surface area contributed by atoms with Crippen molar-refractivity contribution >= 4 is 6.47 Å². The smallest absolute Gasteiger partial charge is 0.293 e. The molecule has 1 rings (SSSR count). The summed E-state index contributed by atoms with van der Waals surface area (Å²) in [4.78, 5) is 12.1. The molecule has 0 radical (unpaired) electrons. The molecule has 1 aliphatic heterocycles. The van der Waals surface area contributed by atoms with Crippen LogP contribution in [0.1, 0.15) is 40.5 Å². The van der Waals surface area contributed by atoms with Gasteiger partial charge in [-0.15, -0.1) is 0 Å². The number of hydrogen-bond donors (Lipinski definition) is 0. The van der Waals surface area contributed by atoms with Gasteiger partial charge in [-0.1, -0.05) is 34.1 Å². The average Bonchev–Trinajstić information content (AvgIpc) is 2.39. The third-order valence-corrected chi connectivity index (χ3v) is 1.91. The average molecular weight is 247 g/mol. The summed E-state index contributed by atoms with van der Waals surface area (Å²) in [6.45, 7) is 13.9. The van der Waals surface area contributed by atoms with Gasteiger partial charge in [-0.25, -0.2) is 0 Å². The van der Waals surface area contributed by atoms with Crippen molar-refractivity contribution in [1.29, 1.82) is 0 Å². The normalized spacial score (nSPS) is 14.8. The fraction of sp³-hybridized carbons (Fsp3) is 0.923. The molecule has 0 aromatic rings. The molecule has 1 heterocycles. The third-order valence-electron chi connectivity index (χ3n) is 1.91. The van der Waals surface area contributed by atoms with Crippen molar-refractivity contribution in [3.05, 3.63) is 0 Å². The van der Waals surface area contributed by atoms with Crippen LogP contribution in [0.4, 0.5) is 0 Å². The molecule has 0 aliphatic carbocycles. The van der Waals surface area contributed by atoms with Crippen LogP contribution in [-0.2, 0) is 14.3 Å². The van der Waals surface area contributed by atoms with Gasteiger partial charge < -0.3 is 9.47 Å². The zero-order valence-electron chi connectivity index (χ0n) is 11.9. The van der Waals surface area contributed by atoms with E-state index in [0.29, 0.717) is 13.1 Å². The minimum atomic E-state index is 0.499. The Morgan fingerprint density at radius 3 is 2.24 bits per heavy atom. The quantitative estimate of drug-likeness (QED) is 0.552. The van der Waals surface area contributed by atoms with Crippen molar-refractivity contribution in [3.8, 4) is 0 Å². The first kappa shape index (κ1) is 18.7. The summed E-state index contributed by atoms with van der Waals surface area (Å²) in [6, 6.07) is 0. The van der Waals surface area contributed by atoms with Crippen LogP contribution in [0.15, 0.2) is 0 Å². The lowest BCUT2D eigenvalue weighted by molar-refractivity contribution is -0.128. The highest BCUT2D eigenvalue weighted by Gasteiger charge is 2.08. The Morgan fingerprint density at radius 1 is 1.24 bits per heavy atom. The van der Waals surface area contributed by atoms with Crippen molar-refractivity contribution in [3.63, 3.8) is 0 Å². The summed E-state index contributed by atoms with van der Waals surface area (Å²) < 4.78 is 9.78. The van der Waals surface area contributed by atoms with E-state index in [1.807, 2.05) is 13.8 Å². The molecule has 1 fully saturated rings. The summed E-state index contributed by atoms with van der Waals surface area (Å²) >= 11 is 0. The lowest BCUT2D eigenvalue weighted by Crippen LogP contribution is -2.37. The van der Waals surface area contributed by atoms with E-state index in [2.05, 4.69) is 23.5 Å². The van der Waals surface area contributed by atoms with Crippen LogP contribution in [-0.4, -0.2) is 50.8 Å². The molecule has 0 N–H and O–H groups in total. The lowest BCUT2D eigenvalue weighted by Gasteiger charge is -2.26. The largest absolute Gasteiger partial charge is 0.468 e. The van der Waals surface area contributed by atoms with Crippen LogP contribution >= 0.6 is 0 Å². The van der Waals surface area contributed by atoms with E-state index < -0.39 is 0 Å². The van der Waals surface area contributed by atoms with Gasteiger partial charge >= 0.3 is 0 Å². The molecular formula is C13H29NO3. The number of nitrogens with zero attached hydrogens (tertiary/aromatic N) is 1. The summed E-state index contributed by atoms with van der Waals surface area (Å²) in [5.74, 6) is 0. The molecule has 104 valence electrons. The van der Waals surface area contributed by atoms with Gasteiger partial charge in [0.25, 0.3) is 6.47 Å². The van der Waals surface area contributed by atoms with Gasteiger partial charge in [0.1, 0.15) is 0 Å². The Kier molecular flexibility index (Phi) is 19.6. The molecular weight excluding hydrogens is 218 g/mol. The van der Waals surface area contributed by atoms with Gasteiger partial charge in [-0.3, -0.25) is 9.69 Å². The van der Waals surface area contributed by atoms with Gasteiger partial charge in [-0.2, -0.15) is 0 Å². The van der Waals surface area contributed by atoms with E-state index >= 15 is 0 Å². The van der Waals surface area contributed by atoms with Crippen LogP contribution in [0.25, 0.3) is 0 Å². The van der Waals surface area contributed by atoms with Crippen molar-refractivity contribution in [2.75, 3.05) is 39.5 Å². The molecule has 0 amide bonds. The zero-order valence-corrected chi connectivity index (χ0v) is 11.9. The molecule has 0 aromatic heterocycles. The molecule has 0 unspecified atom stereocenters. The minimum absolute atomic E-state index is 0.499. The Labute approximate surface area is 106 Å². The Hall–Kier alpha value is -0.610. The molecule has 0 atom stereocenters. The molecule has 0 aromatic carbocycles. The number of ether oxygens (including phenoxy) is 2. The van der Waals surface area contributed by atoms with Crippen LogP contribution in [0.2, 0.25) is 0 Å². The third kappa shape index (κ3) is 15.4. The summed E-state index contributed by atoms with van der Waals surface area (Å²) in [6.07, 6.45) is 2.17. The molecule has 1 aliphatic rings.